The Labute approximate surface area is 138 Å². The first-order chi connectivity index (χ1) is 11.5. The lowest BCUT2D eigenvalue weighted by Gasteiger charge is -2.11. The normalized spacial score (nSPS) is 16.3. The largest absolute Gasteiger partial charge is 0.491 e. The van der Waals surface area contributed by atoms with Gasteiger partial charge in [0.1, 0.15) is 12.4 Å². The van der Waals surface area contributed by atoms with Gasteiger partial charge in [0.15, 0.2) is 5.69 Å². The minimum absolute atomic E-state index is 0.227. The first-order valence-corrected chi connectivity index (χ1v) is 7.83. The number of nitrogens with one attached hydrogen (secondary N) is 1. The molecular formula is C17H19F2N3O2. The highest BCUT2D eigenvalue weighted by molar-refractivity contribution is 5.94. The van der Waals surface area contributed by atoms with Crippen LogP contribution in [0.4, 0.5) is 8.78 Å². The van der Waals surface area contributed by atoms with Crippen LogP contribution in [0.2, 0.25) is 0 Å². The van der Waals surface area contributed by atoms with Crippen molar-refractivity contribution in [1.29, 1.82) is 0 Å². The number of para-hydroxylation sites is 1. The fraction of sp³-hybridized carbons (Fsp3) is 0.412. The van der Waals surface area contributed by atoms with Gasteiger partial charge in [-0.3, -0.25) is 9.48 Å². The van der Waals surface area contributed by atoms with E-state index in [2.05, 4.69) is 10.4 Å². The number of carbonyl (C=O) groups is 1. The van der Waals surface area contributed by atoms with Crippen LogP contribution < -0.4 is 10.1 Å². The molecule has 3 rings (SSSR count). The smallest absolute Gasteiger partial charge is 0.272 e. The first-order valence-electron chi connectivity index (χ1n) is 7.83. The lowest BCUT2D eigenvalue weighted by molar-refractivity contribution is 0.0911. The minimum Gasteiger partial charge on any atom is -0.491 e. The number of hydrogen-bond donors (Lipinski definition) is 1. The summed E-state index contributed by atoms with van der Waals surface area (Å²) in [7, 11) is 0. The molecule has 0 radical (unpaired) electrons. The van der Waals surface area contributed by atoms with Gasteiger partial charge in [-0.05, 0) is 12.0 Å². The van der Waals surface area contributed by atoms with Crippen LogP contribution in [0.5, 0.6) is 5.75 Å². The van der Waals surface area contributed by atoms with Gasteiger partial charge in [-0.15, -0.1) is 0 Å². The van der Waals surface area contributed by atoms with Crippen LogP contribution in [0.15, 0.2) is 30.5 Å². The molecule has 7 heteroatoms. The zero-order chi connectivity index (χ0) is 17.3. The van der Waals surface area contributed by atoms with Crippen molar-refractivity contribution in [2.45, 2.75) is 32.9 Å². The highest BCUT2D eigenvalue weighted by atomic mass is 19.3. The summed E-state index contributed by atoms with van der Waals surface area (Å²) in [5, 5.41) is 6.79. The Kier molecular flexibility index (Phi) is 4.51. The number of alkyl halides is 2. The van der Waals surface area contributed by atoms with E-state index in [1.54, 1.807) is 0 Å². The number of benzene rings is 1. The highest BCUT2D eigenvalue weighted by Gasteiger charge is 2.29. The molecule has 0 spiro atoms. The monoisotopic (exact) mass is 335 g/mol. The fourth-order valence-corrected chi connectivity index (χ4v) is 2.75. The van der Waals surface area contributed by atoms with E-state index >= 15 is 0 Å². The predicted octanol–water partition coefficient (Wildman–Crippen LogP) is 3.34. The number of amides is 1. The number of ether oxygens (including phenoxy) is 1. The summed E-state index contributed by atoms with van der Waals surface area (Å²) in [6, 6.07) is 6.97. The van der Waals surface area contributed by atoms with Crippen LogP contribution >= 0.6 is 0 Å². The highest BCUT2D eigenvalue weighted by Crippen LogP contribution is 2.32. The number of aromatic nitrogens is 2. The van der Waals surface area contributed by atoms with E-state index < -0.39 is 12.3 Å². The number of halogens is 2. The number of hydrogen-bond acceptors (Lipinski definition) is 3. The van der Waals surface area contributed by atoms with Crippen molar-refractivity contribution in [3.63, 3.8) is 0 Å². The van der Waals surface area contributed by atoms with Gasteiger partial charge in [-0.1, -0.05) is 32.0 Å². The molecule has 5 nitrogen and oxygen atoms in total. The van der Waals surface area contributed by atoms with Gasteiger partial charge in [-0.25, -0.2) is 8.78 Å². The van der Waals surface area contributed by atoms with Crippen molar-refractivity contribution in [3.05, 3.63) is 47.3 Å². The SMILES string of the molecule is CC(C)Cn1cc(C(F)F)c(C(=O)N[C@H]2COc3ccccc32)n1. The second kappa shape index (κ2) is 6.59. The maximum atomic E-state index is 13.2. The van der Waals surface area contributed by atoms with Crippen LogP contribution in [0, 0.1) is 5.92 Å². The molecule has 2 aromatic rings. The van der Waals surface area contributed by atoms with Crippen molar-refractivity contribution >= 4 is 5.91 Å². The Morgan fingerprint density at radius 3 is 2.88 bits per heavy atom. The Morgan fingerprint density at radius 1 is 1.42 bits per heavy atom. The third kappa shape index (κ3) is 3.25. The molecule has 1 amide bonds. The van der Waals surface area contributed by atoms with Crippen molar-refractivity contribution in [3.8, 4) is 5.75 Å². The molecule has 1 N–H and O–H groups in total. The summed E-state index contributed by atoms with van der Waals surface area (Å²) < 4.78 is 33.4. The van der Waals surface area contributed by atoms with E-state index in [0.29, 0.717) is 12.3 Å². The number of fused-ring (bicyclic) bond motifs is 1. The summed E-state index contributed by atoms with van der Waals surface area (Å²) >= 11 is 0. The van der Waals surface area contributed by atoms with Gasteiger partial charge >= 0.3 is 0 Å². The van der Waals surface area contributed by atoms with E-state index in [4.69, 9.17) is 4.74 Å². The molecule has 1 atom stereocenters. The van der Waals surface area contributed by atoms with Crippen molar-refractivity contribution in [2.75, 3.05) is 6.61 Å². The Balaban J connectivity index is 1.81. The summed E-state index contributed by atoms with van der Waals surface area (Å²) in [5.41, 5.74) is 0.265. The molecule has 0 bridgehead atoms. The third-order valence-corrected chi connectivity index (χ3v) is 3.80. The van der Waals surface area contributed by atoms with Gasteiger partial charge < -0.3 is 10.1 Å². The topological polar surface area (TPSA) is 56.2 Å². The first kappa shape index (κ1) is 16.4. The second-order valence-corrected chi connectivity index (χ2v) is 6.22. The zero-order valence-electron chi connectivity index (χ0n) is 13.5. The molecule has 128 valence electrons. The van der Waals surface area contributed by atoms with Gasteiger partial charge in [0, 0.05) is 18.3 Å². The number of carbonyl (C=O) groups excluding carboxylic acids is 1. The Morgan fingerprint density at radius 2 is 2.17 bits per heavy atom. The summed E-state index contributed by atoms with van der Waals surface area (Å²) in [6.07, 6.45) is -1.50. The molecule has 1 aromatic heterocycles. The lowest BCUT2D eigenvalue weighted by atomic mass is 10.1. The number of nitrogens with zero attached hydrogens (tertiary/aromatic N) is 2. The maximum Gasteiger partial charge on any atom is 0.272 e. The van der Waals surface area contributed by atoms with Gasteiger partial charge in [0.2, 0.25) is 0 Å². The van der Waals surface area contributed by atoms with Gasteiger partial charge in [-0.2, -0.15) is 5.10 Å². The predicted molar refractivity (Wildman–Crippen MR) is 84.2 cm³/mol. The van der Waals surface area contributed by atoms with Crippen LogP contribution in [0.3, 0.4) is 0 Å². The molecule has 1 aliphatic rings. The van der Waals surface area contributed by atoms with E-state index in [-0.39, 0.29) is 29.8 Å². The molecular weight excluding hydrogens is 316 g/mol. The Bertz CT molecular complexity index is 743. The van der Waals surface area contributed by atoms with Gasteiger partial charge in [0.25, 0.3) is 12.3 Å². The molecule has 0 fully saturated rings. The quantitative estimate of drug-likeness (QED) is 0.912. The number of rotatable bonds is 5. The zero-order valence-corrected chi connectivity index (χ0v) is 13.5. The molecule has 0 aliphatic carbocycles. The van der Waals surface area contributed by atoms with E-state index in [0.717, 1.165) is 5.56 Å². The maximum absolute atomic E-state index is 13.2. The molecule has 24 heavy (non-hydrogen) atoms. The average Bonchev–Trinajstić information content (AvgIpc) is 3.11. The summed E-state index contributed by atoms with van der Waals surface area (Å²) in [5.74, 6) is 0.321. The second-order valence-electron chi connectivity index (χ2n) is 6.22. The summed E-state index contributed by atoms with van der Waals surface area (Å²) in [4.78, 5) is 12.5. The van der Waals surface area contributed by atoms with Crippen molar-refractivity contribution in [1.82, 2.24) is 15.1 Å². The molecule has 0 saturated heterocycles. The fourth-order valence-electron chi connectivity index (χ4n) is 2.75. The molecule has 0 saturated carbocycles. The average molecular weight is 335 g/mol. The van der Waals surface area contributed by atoms with Crippen molar-refractivity contribution in [2.24, 2.45) is 5.92 Å². The van der Waals surface area contributed by atoms with Crippen LogP contribution in [-0.4, -0.2) is 22.3 Å². The molecule has 2 heterocycles. The van der Waals surface area contributed by atoms with E-state index in [9.17, 15) is 13.6 Å². The van der Waals surface area contributed by atoms with E-state index in [1.165, 1.54) is 10.9 Å². The van der Waals surface area contributed by atoms with Gasteiger partial charge in [0.05, 0.1) is 11.6 Å². The summed E-state index contributed by atoms with van der Waals surface area (Å²) in [6.45, 7) is 4.66. The van der Waals surface area contributed by atoms with E-state index in [1.807, 2.05) is 38.1 Å². The lowest BCUT2D eigenvalue weighted by Crippen LogP contribution is -2.30. The standard InChI is InChI=1S/C17H19F2N3O2/c1-10(2)7-22-8-12(16(18)19)15(21-22)17(23)20-13-9-24-14-6-4-3-5-11(13)14/h3-6,8,10,13,16H,7,9H2,1-2H3,(H,20,23)/t13-/m0/s1. The molecule has 1 aliphatic heterocycles. The molecule has 1 aromatic carbocycles. The van der Waals surface area contributed by atoms with Crippen LogP contribution in [0.25, 0.3) is 0 Å². The van der Waals surface area contributed by atoms with Crippen LogP contribution in [-0.2, 0) is 6.54 Å². The minimum atomic E-state index is -2.75. The molecule has 0 unspecified atom stereocenters. The van der Waals surface area contributed by atoms with Crippen molar-refractivity contribution < 1.29 is 18.3 Å². The van der Waals surface area contributed by atoms with Crippen LogP contribution in [0.1, 0.15) is 47.9 Å². The third-order valence-electron chi connectivity index (χ3n) is 3.80. The Hall–Kier alpha value is -2.44.